The molecule has 0 aliphatic rings. The molecule has 0 amide bonds. The lowest BCUT2D eigenvalue weighted by Crippen LogP contribution is -2.19. The number of terminal acetylenes is 1. The molecular weight excluding hydrogens is 228 g/mol. The zero-order valence-corrected chi connectivity index (χ0v) is 9.39. The van der Waals surface area contributed by atoms with Gasteiger partial charge in [-0.25, -0.2) is 0 Å². The number of hydrogen-bond acceptors (Lipinski definition) is 3. The normalized spacial score (nSPS) is 13.9. The molecule has 0 radical (unpaired) electrons. The fourth-order valence-electron chi connectivity index (χ4n) is 1.19. The van der Waals surface area contributed by atoms with Crippen LogP contribution in [0.4, 0.5) is 0 Å². The van der Waals surface area contributed by atoms with E-state index in [-0.39, 0.29) is 12.5 Å². The number of rotatable bonds is 5. The molecule has 0 aromatic heterocycles. The van der Waals surface area contributed by atoms with Gasteiger partial charge in [-0.1, -0.05) is 18.1 Å². The molecule has 0 saturated heterocycles. The summed E-state index contributed by atoms with van der Waals surface area (Å²) in [6.45, 7) is 0.201. The van der Waals surface area contributed by atoms with Crippen LogP contribution >= 0.6 is 11.6 Å². The van der Waals surface area contributed by atoms with Gasteiger partial charge in [-0.15, -0.1) is 18.0 Å². The van der Waals surface area contributed by atoms with Gasteiger partial charge in [0.15, 0.2) is 0 Å². The van der Waals surface area contributed by atoms with Crippen LogP contribution in [0.3, 0.4) is 0 Å². The van der Waals surface area contributed by atoms with Gasteiger partial charge in [-0.05, 0) is 17.7 Å². The number of aliphatic hydroxyl groups excluding tert-OH is 2. The second kappa shape index (κ2) is 6.39. The van der Waals surface area contributed by atoms with Gasteiger partial charge in [0.1, 0.15) is 18.5 Å². The number of alkyl halides is 1. The maximum atomic E-state index is 9.65. The third-order valence-corrected chi connectivity index (χ3v) is 2.38. The van der Waals surface area contributed by atoms with Crippen LogP contribution in [0.5, 0.6) is 5.75 Å². The van der Waals surface area contributed by atoms with Crippen LogP contribution in [0.2, 0.25) is 0 Å². The number of ether oxygens (including phenoxy) is 1. The fourth-order valence-corrected chi connectivity index (χ4v) is 1.36. The molecule has 0 saturated carbocycles. The van der Waals surface area contributed by atoms with Gasteiger partial charge in [0.05, 0.1) is 12.0 Å². The smallest absolute Gasteiger partial charge is 0.148 e. The van der Waals surface area contributed by atoms with Crippen molar-refractivity contribution in [2.24, 2.45) is 0 Å². The second-order valence-corrected chi connectivity index (χ2v) is 3.54. The quantitative estimate of drug-likeness (QED) is 0.603. The van der Waals surface area contributed by atoms with E-state index in [4.69, 9.17) is 22.8 Å². The average molecular weight is 241 g/mol. The molecule has 0 spiro atoms. The van der Waals surface area contributed by atoms with Crippen molar-refractivity contribution in [2.75, 3.05) is 12.5 Å². The Kier molecular flexibility index (Phi) is 5.13. The molecular formula is C12H13ClO3. The van der Waals surface area contributed by atoms with Gasteiger partial charge in [-0.3, -0.25) is 0 Å². The van der Waals surface area contributed by atoms with Crippen LogP contribution in [0, 0.1) is 12.3 Å². The number of aliphatic hydroxyl groups is 2. The van der Waals surface area contributed by atoms with Gasteiger partial charge in [0, 0.05) is 0 Å². The van der Waals surface area contributed by atoms with Crippen molar-refractivity contribution in [1.82, 2.24) is 0 Å². The molecule has 86 valence electrons. The van der Waals surface area contributed by atoms with Crippen LogP contribution < -0.4 is 4.74 Å². The Hall–Kier alpha value is -1.21. The van der Waals surface area contributed by atoms with E-state index in [1.165, 1.54) is 0 Å². The van der Waals surface area contributed by atoms with Gasteiger partial charge < -0.3 is 14.9 Å². The minimum Gasteiger partial charge on any atom is -0.481 e. The number of hydrogen-bond donors (Lipinski definition) is 2. The lowest BCUT2D eigenvalue weighted by atomic mass is 10.1. The fraction of sp³-hybridized carbons (Fsp3) is 0.333. The summed E-state index contributed by atoms with van der Waals surface area (Å²) in [6, 6.07) is 6.67. The van der Waals surface area contributed by atoms with E-state index in [0.29, 0.717) is 11.3 Å². The first-order valence-electron chi connectivity index (χ1n) is 4.77. The van der Waals surface area contributed by atoms with E-state index in [9.17, 15) is 10.2 Å². The van der Waals surface area contributed by atoms with Crippen LogP contribution in [0.1, 0.15) is 11.7 Å². The molecule has 3 nitrogen and oxygen atoms in total. The molecule has 0 heterocycles. The van der Waals surface area contributed by atoms with Gasteiger partial charge in [-0.2, -0.15) is 0 Å². The van der Waals surface area contributed by atoms with E-state index >= 15 is 0 Å². The lowest BCUT2D eigenvalue weighted by Gasteiger charge is -2.15. The van der Waals surface area contributed by atoms with Crippen molar-refractivity contribution >= 4 is 11.6 Å². The summed E-state index contributed by atoms with van der Waals surface area (Å²) in [7, 11) is 0. The second-order valence-electron chi connectivity index (χ2n) is 3.23. The Bertz CT molecular complexity index is 356. The Morgan fingerprint density at radius 3 is 2.44 bits per heavy atom. The van der Waals surface area contributed by atoms with E-state index in [1.54, 1.807) is 24.3 Å². The highest BCUT2D eigenvalue weighted by Gasteiger charge is 2.16. The predicted octanol–water partition coefficient (Wildman–Crippen LogP) is 1.33. The van der Waals surface area contributed by atoms with Gasteiger partial charge in [0.2, 0.25) is 0 Å². The van der Waals surface area contributed by atoms with Crippen molar-refractivity contribution < 1.29 is 14.9 Å². The Balaban J connectivity index is 2.67. The summed E-state index contributed by atoms with van der Waals surface area (Å²) in [6.07, 6.45) is 3.09. The molecule has 1 aromatic carbocycles. The largest absolute Gasteiger partial charge is 0.481 e. The van der Waals surface area contributed by atoms with E-state index in [1.807, 2.05) is 0 Å². The monoisotopic (exact) mass is 240 g/mol. The highest BCUT2D eigenvalue weighted by atomic mass is 35.5. The van der Waals surface area contributed by atoms with Crippen LogP contribution in [-0.2, 0) is 0 Å². The SMILES string of the molecule is C#CCOc1ccc(C(O)C(O)CCl)cc1. The van der Waals surface area contributed by atoms with E-state index in [0.717, 1.165) is 0 Å². The molecule has 2 unspecified atom stereocenters. The number of benzene rings is 1. The van der Waals surface area contributed by atoms with Gasteiger partial charge >= 0.3 is 0 Å². The van der Waals surface area contributed by atoms with Crippen LogP contribution in [0.25, 0.3) is 0 Å². The summed E-state index contributed by atoms with van der Waals surface area (Å²) in [5.74, 6) is 2.95. The van der Waals surface area contributed by atoms with E-state index < -0.39 is 12.2 Å². The average Bonchev–Trinajstić information content (AvgIpc) is 2.35. The third kappa shape index (κ3) is 3.42. The van der Waals surface area contributed by atoms with E-state index in [2.05, 4.69) is 5.92 Å². The highest BCUT2D eigenvalue weighted by molar-refractivity contribution is 6.18. The number of halogens is 1. The molecule has 0 aliphatic heterocycles. The molecule has 2 atom stereocenters. The highest BCUT2D eigenvalue weighted by Crippen LogP contribution is 2.20. The third-order valence-electron chi connectivity index (χ3n) is 2.07. The standard InChI is InChI=1S/C12H13ClO3/c1-2-7-16-10-5-3-9(4-6-10)12(15)11(14)8-13/h1,3-6,11-12,14-15H,7-8H2. The van der Waals surface area contributed by atoms with Crippen molar-refractivity contribution in [3.63, 3.8) is 0 Å². The minimum absolute atomic E-state index is 0.0173. The maximum absolute atomic E-state index is 9.65. The summed E-state index contributed by atoms with van der Waals surface area (Å²) >= 11 is 5.44. The van der Waals surface area contributed by atoms with Crippen molar-refractivity contribution in [2.45, 2.75) is 12.2 Å². The maximum Gasteiger partial charge on any atom is 0.148 e. The first-order chi connectivity index (χ1) is 7.69. The Morgan fingerprint density at radius 1 is 1.31 bits per heavy atom. The summed E-state index contributed by atoms with van der Waals surface area (Å²) in [5, 5.41) is 19.0. The topological polar surface area (TPSA) is 49.7 Å². The molecule has 1 rings (SSSR count). The Morgan fingerprint density at radius 2 is 1.94 bits per heavy atom. The molecule has 16 heavy (non-hydrogen) atoms. The van der Waals surface area contributed by atoms with Crippen molar-refractivity contribution in [1.29, 1.82) is 0 Å². The summed E-state index contributed by atoms with van der Waals surface area (Å²) in [5.41, 5.74) is 0.584. The first kappa shape index (κ1) is 12.9. The van der Waals surface area contributed by atoms with Crippen LogP contribution in [0.15, 0.2) is 24.3 Å². The van der Waals surface area contributed by atoms with Crippen molar-refractivity contribution in [3.05, 3.63) is 29.8 Å². The molecule has 2 N–H and O–H groups in total. The summed E-state index contributed by atoms with van der Waals surface area (Å²) < 4.78 is 5.17. The molecule has 1 aromatic rings. The molecule has 0 fully saturated rings. The minimum atomic E-state index is -0.987. The first-order valence-corrected chi connectivity index (χ1v) is 5.30. The molecule has 0 bridgehead atoms. The van der Waals surface area contributed by atoms with Gasteiger partial charge in [0.25, 0.3) is 0 Å². The molecule has 0 aliphatic carbocycles. The Labute approximate surface area is 99.6 Å². The summed E-state index contributed by atoms with van der Waals surface area (Å²) in [4.78, 5) is 0. The van der Waals surface area contributed by atoms with Crippen molar-refractivity contribution in [3.8, 4) is 18.1 Å². The lowest BCUT2D eigenvalue weighted by molar-refractivity contribution is 0.0327. The predicted molar refractivity (Wildman–Crippen MR) is 62.5 cm³/mol. The zero-order chi connectivity index (χ0) is 12.0. The zero-order valence-electron chi connectivity index (χ0n) is 8.64. The molecule has 4 heteroatoms. The van der Waals surface area contributed by atoms with Crippen LogP contribution in [-0.4, -0.2) is 28.8 Å².